The smallest absolute Gasteiger partial charge is 0.105 e. The van der Waals surface area contributed by atoms with Crippen molar-refractivity contribution in [2.24, 2.45) is 0 Å². The van der Waals surface area contributed by atoms with Gasteiger partial charge in [-0.05, 0) is 37.3 Å². The molecule has 0 fully saturated rings. The lowest BCUT2D eigenvalue weighted by Crippen LogP contribution is -2.54. The molecule has 1 aliphatic heterocycles. The molecule has 0 amide bonds. The Morgan fingerprint density at radius 1 is 0.867 bits per heavy atom. The van der Waals surface area contributed by atoms with Gasteiger partial charge in [-0.25, -0.2) is 0 Å². The monoisotopic (exact) mass is 416 g/mol. The number of hydrogen-bond acceptors (Lipinski definition) is 0. The highest BCUT2D eigenvalue weighted by atomic mass is 15.4. The van der Waals surface area contributed by atoms with Crippen molar-refractivity contribution < 1.29 is 4.48 Å². The van der Waals surface area contributed by atoms with Gasteiger partial charge in [0, 0.05) is 12.0 Å². The van der Waals surface area contributed by atoms with E-state index in [9.17, 15) is 0 Å². The lowest BCUT2D eigenvalue weighted by atomic mass is 9.92. The molecule has 2 atom stereocenters. The summed E-state index contributed by atoms with van der Waals surface area (Å²) in [6, 6.07) is 0.740. The second kappa shape index (κ2) is 15.9. The van der Waals surface area contributed by atoms with Gasteiger partial charge < -0.3 is 4.48 Å². The molecule has 0 radical (unpaired) electrons. The maximum absolute atomic E-state index is 4.38. The van der Waals surface area contributed by atoms with Gasteiger partial charge in [-0.2, -0.15) is 0 Å². The standard InChI is InChI=1S/C29H54N/c1-7-9-10-11-12-13-14-15-16-17-18-19-22-27(4)30(6)24-20-23-29(25-30)28(5)26(3)21-8-2/h23,27H,3,5,7-22,24-25H2,1-2,4,6H3/q+1. The molecule has 0 N–H and O–H groups in total. The average molecular weight is 417 g/mol. The van der Waals surface area contributed by atoms with Crippen LogP contribution >= 0.6 is 0 Å². The second-order valence-electron chi connectivity index (χ2n) is 10.2. The van der Waals surface area contributed by atoms with E-state index in [0.29, 0.717) is 0 Å². The van der Waals surface area contributed by atoms with Crippen LogP contribution in [0.25, 0.3) is 0 Å². The van der Waals surface area contributed by atoms with E-state index < -0.39 is 0 Å². The number of hydrogen-bond donors (Lipinski definition) is 0. The third-order valence-electron chi connectivity index (χ3n) is 7.47. The van der Waals surface area contributed by atoms with Crippen LogP contribution < -0.4 is 0 Å². The molecule has 0 aromatic rings. The van der Waals surface area contributed by atoms with Crippen LogP contribution in [0.5, 0.6) is 0 Å². The summed E-state index contributed by atoms with van der Waals surface area (Å²) in [7, 11) is 2.47. The largest absolute Gasteiger partial charge is 0.320 e. The zero-order valence-corrected chi connectivity index (χ0v) is 21.2. The maximum atomic E-state index is 4.38. The lowest BCUT2D eigenvalue weighted by Gasteiger charge is -2.43. The van der Waals surface area contributed by atoms with Gasteiger partial charge in [0.2, 0.25) is 0 Å². The van der Waals surface area contributed by atoms with Crippen LogP contribution in [0.1, 0.15) is 124 Å². The van der Waals surface area contributed by atoms with Crippen molar-refractivity contribution in [3.8, 4) is 0 Å². The van der Waals surface area contributed by atoms with Gasteiger partial charge in [0.25, 0.3) is 0 Å². The molecule has 1 rings (SSSR count). The van der Waals surface area contributed by atoms with Gasteiger partial charge in [0.05, 0.1) is 19.6 Å². The van der Waals surface area contributed by atoms with E-state index in [1.54, 1.807) is 0 Å². The van der Waals surface area contributed by atoms with Crippen LogP contribution in [0.2, 0.25) is 0 Å². The number of rotatable bonds is 18. The number of allylic oxidation sites excluding steroid dienone is 1. The Balaban J connectivity index is 2.17. The van der Waals surface area contributed by atoms with Gasteiger partial charge in [-0.15, -0.1) is 0 Å². The molecule has 0 aromatic heterocycles. The topological polar surface area (TPSA) is 0 Å². The summed E-state index contributed by atoms with van der Waals surface area (Å²) in [4.78, 5) is 0. The Kier molecular flexibility index (Phi) is 14.4. The van der Waals surface area contributed by atoms with Gasteiger partial charge in [-0.3, -0.25) is 0 Å². The Bertz CT molecular complexity index is 514. The average Bonchev–Trinajstić information content (AvgIpc) is 2.74. The van der Waals surface area contributed by atoms with Gasteiger partial charge in [0.15, 0.2) is 0 Å². The predicted octanol–water partition coefficient (Wildman–Crippen LogP) is 9.16. The molecule has 0 spiro atoms. The third-order valence-corrected chi connectivity index (χ3v) is 7.47. The highest BCUT2D eigenvalue weighted by Crippen LogP contribution is 2.30. The van der Waals surface area contributed by atoms with E-state index in [1.807, 2.05) is 0 Å². The molecule has 2 unspecified atom stereocenters. The molecule has 0 saturated carbocycles. The van der Waals surface area contributed by atoms with E-state index in [2.05, 4.69) is 47.1 Å². The molecule has 1 heteroatoms. The molecule has 174 valence electrons. The summed E-state index contributed by atoms with van der Waals surface area (Å²) in [5, 5.41) is 0. The van der Waals surface area contributed by atoms with E-state index in [1.165, 1.54) is 118 Å². The van der Waals surface area contributed by atoms with E-state index in [4.69, 9.17) is 0 Å². The first kappa shape index (κ1) is 27.2. The van der Waals surface area contributed by atoms with Crippen LogP contribution in [-0.2, 0) is 0 Å². The van der Waals surface area contributed by atoms with Crippen molar-refractivity contribution in [1.82, 2.24) is 0 Å². The number of unbranched alkanes of at least 4 members (excludes halogenated alkanes) is 11. The van der Waals surface area contributed by atoms with Crippen LogP contribution in [0.4, 0.5) is 0 Å². The first-order valence-electron chi connectivity index (χ1n) is 13.3. The van der Waals surface area contributed by atoms with Crippen molar-refractivity contribution >= 4 is 0 Å². The third kappa shape index (κ3) is 10.5. The quantitative estimate of drug-likeness (QED) is 0.119. The summed E-state index contributed by atoms with van der Waals surface area (Å²) in [5.74, 6) is 0. The maximum Gasteiger partial charge on any atom is 0.105 e. The number of nitrogens with zero attached hydrogens (tertiary/aromatic N) is 1. The van der Waals surface area contributed by atoms with Gasteiger partial charge >= 0.3 is 0 Å². The van der Waals surface area contributed by atoms with Gasteiger partial charge in [-0.1, -0.05) is 110 Å². The number of likely N-dealkylation sites (N-methyl/N-ethyl adjacent to an activating group) is 1. The molecule has 0 aromatic carbocycles. The highest BCUT2D eigenvalue weighted by molar-refractivity contribution is 5.43. The van der Waals surface area contributed by atoms with Gasteiger partial charge in [0.1, 0.15) is 6.54 Å². The molecule has 0 saturated heterocycles. The molecular weight excluding hydrogens is 362 g/mol. The van der Waals surface area contributed by atoms with Crippen molar-refractivity contribution in [3.05, 3.63) is 36.0 Å². The molecule has 30 heavy (non-hydrogen) atoms. The zero-order valence-electron chi connectivity index (χ0n) is 21.2. The Morgan fingerprint density at radius 2 is 1.40 bits per heavy atom. The van der Waals surface area contributed by atoms with Crippen molar-refractivity contribution in [3.63, 3.8) is 0 Å². The fraction of sp³-hybridized carbons (Fsp3) is 0.793. The van der Waals surface area contributed by atoms with E-state index >= 15 is 0 Å². The van der Waals surface area contributed by atoms with Crippen molar-refractivity contribution in [2.75, 3.05) is 20.1 Å². The molecule has 1 heterocycles. The fourth-order valence-corrected chi connectivity index (χ4v) is 4.93. The Labute approximate surface area is 190 Å². The van der Waals surface area contributed by atoms with E-state index in [-0.39, 0.29) is 0 Å². The highest BCUT2D eigenvalue weighted by Gasteiger charge is 2.32. The van der Waals surface area contributed by atoms with Crippen LogP contribution in [0.3, 0.4) is 0 Å². The summed E-state index contributed by atoms with van der Waals surface area (Å²) < 4.78 is 1.18. The summed E-state index contributed by atoms with van der Waals surface area (Å²) in [6.07, 6.45) is 24.4. The minimum Gasteiger partial charge on any atom is -0.320 e. The Hall–Kier alpha value is -0.820. The van der Waals surface area contributed by atoms with Crippen LogP contribution in [-0.4, -0.2) is 30.7 Å². The van der Waals surface area contributed by atoms with E-state index in [0.717, 1.165) is 25.4 Å². The lowest BCUT2D eigenvalue weighted by molar-refractivity contribution is -0.928. The van der Waals surface area contributed by atoms with Crippen LogP contribution in [0.15, 0.2) is 36.0 Å². The second-order valence-corrected chi connectivity index (χ2v) is 10.2. The summed E-state index contributed by atoms with van der Waals surface area (Å²) >= 11 is 0. The minimum atomic E-state index is 0.740. The fourth-order valence-electron chi connectivity index (χ4n) is 4.93. The summed E-state index contributed by atoms with van der Waals surface area (Å²) in [5.41, 5.74) is 3.92. The molecular formula is C29H54N+. The summed E-state index contributed by atoms with van der Waals surface area (Å²) in [6.45, 7) is 18.1. The molecule has 1 aliphatic rings. The zero-order chi connectivity index (χ0) is 22.2. The first-order valence-corrected chi connectivity index (χ1v) is 13.3. The molecule has 1 nitrogen and oxygen atoms in total. The molecule has 0 aliphatic carbocycles. The molecule has 0 bridgehead atoms. The predicted molar refractivity (Wildman–Crippen MR) is 137 cm³/mol. The Morgan fingerprint density at radius 3 is 1.93 bits per heavy atom. The van der Waals surface area contributed by atoms with Crippen molar-refractivity contribution in [1.29, 1.82) is 0 Å². The SMILES string of the molecule is C=C(CCC)C(=C)C1=CCC[N+](C)(C(C)CCCCCCCCCCCCCC)C1. The normalized spacial score (nSPS) is 20.1. The minimum absolute atomic E-state index is 0.740. The van der Waals surface area contributed by atoms with Crippen LogP contribution in [0, 0.1) is 0 Å². The number of quaternary nitrogens is 1. The van der Waals surface area contributed by atoms with Crippen molar-refractivity contribution in [2.45, 2.75) is 130 Å². The first-order chi connectivity index (χ1) is 14.4.